The number of aromatic amines is 1. The van der Waals surface area contributed by atoms with Crippen molar-refractivity contribution in [1.29, 1.82) is 0 Å². The van der Waals surface area contributed by atoms with Crippen LogP contribution in [-0.2, 0) is 11.2 Å². The number of benzene rings is 1. The molecule has 2 fully saturated rings. The fourth-order valence-electron chi connectivity index (χ4n) is 3.43. The highest BCUT2D eigenvalue weighted by Gasteiger charge is 2.30. The summed E-state index contributed by atoms with van der Waals surface area (Å²) in [4.78, 5) is 17.3. The maximum Gasteiger partial charge on any atom is 0.238 e. The number of H-pyrrole nitrogens is 1. The number of hydrogen-bond donors (Lipinski definition) is 2. The Bertz CT molecular complexity index is 753. The fraction of sp³-hybridized carbons (Fsp3) is 0.526. The molecular weight excluding hydrogens is 351 g/mol. The molecule has 5 nitrogen and oxygen atoms in total. The fourth-order valence-corrected chi connectivity index (χ4v) is 4.37. The molecule has 0 saturated heterocycles. The zero-order valence-corrected chi connectivity index (χ0v) is 15.4. The monoisotopic (exact) mass is 374 g/mol. The molecule has 1 heterocycles. The van der Waals surface area contributed by atoms with Crippen LogP contribution in [0.5, 0.6) is 0 Å². The van der Waals surface area contributed by atoms with E-state index in [2.05, 4.69) is 20.5 Å². The summed E-state index contributed by atoms with van der Waals surface area (Å²) in [6, 6.07) is 6.36. The van der Waals surface area contributed by atoms with Crippen LogP contribution in [0.15, 0.2) is 29.4 Å². The first-order chi connectivity index (χ1) is 12.7. The minimum absolute atomic E-state index is 0.0637. The van der Waals surface area contributed by atoms with E-state index >= 15 is 0 Å². The summed E-state index contributed by atoms with van der Waals surface area (Å²) in [5.41, 5.74) is 0.761. The molecule has 2 aromatic rings. The Balaban J connectivity index is 1.47. The number of rotatable bonds is 7. The highest BCUT2D eigenvalue weighted by Crippen LogP contribution is 2.35. The minimum atomic E-state index is -0.480. The highest BCUT2D eigenvalue weighted by atomic mass is 32.2. The first-order valence-corrected chi connectivity index (χ1v) is 10.2. The quantitative estimate of drug-likeness (QED) is 0.724. The second-order valence-corrected chi connectivity index (χ2v) is 8.32. The van der Waals surface area contributed by atoms with Gasteiger partial charge in [0.2, 0.25) is 11.1 Å². The number of halogens is 1. The normalized spacial score (nSPS) is 18.8. The Morgan fingerprint density at radius 1 is 1.23 bits per heavy atom. The van der Waals surface area contributed by atoms with E-state index < -0.39 is 5.25 Å². The molecule has 26 heavy (non-hydrogen) atoms. The van der Waals surface area contributed by atoms with E-state index in [1.807, 2.05) is 0 Å². The van der Waals surface area contributed by atoms with Crippen molar-refractivity contribution in [3.05, 3.63) is 41.5 Å². The first-order valence-electron chi connectivity index (χ1n) is 9.31. The molecule has 2 aliphatic carbocycles. The van der Waals surface area contributed by atoms with Gasteiger partial charge in [-0.15, -0.1) is 5.10 Å². The molecule has 138 valence electrons. The van der Waals surface area contributed by atoms with Gasteiger partial charge in [0.15, 0.2) is 0 Å². The second kappa shape index (κ2) is 7.78. The van der Waals surface area contributed by atoms with Crippen molar-refractivity contribution in [3.63, 3.8) is 0 Å². The van der Waals surface area contributed by atoms with Gasteiger partial charge >= 0.3 is 0 Å². The molecule has 0 bridgehead atoms. The van der Waals surface area contributed by atoms with E-state index in [1.54, 1.807) is 12.1 Å². The maximum absolute atomic E-state index is 13.3. The van der Waals surface area contributed by atoms with Crippen LogP contribution in [0.3, 0.4) is 0 Å². The number of carbonyl (C=O) groups is 1. The molecule has 0 spiro atoms. The molecule has 1 atom stereocenters. The van der Waals surface area contributed by atoms with E-state index in [1.165, 1.54) is 49.6 Å². The second-order valence-electron chi connectivity index (χ2n) is 7.25. The van der Waals surface area contributed by atoms with Gasteiger partial charge in [0.25, 0.3) is 0 Å². The number of amides is 1. The molecule has 1 aromatic carbocycles. The molecule has 0 radical (unpaired) electrons. The lowest BCUT2D eigenvalue weighted by Gasteiger charge is -2.15. The van der Waals surface area contributed by atoms with Crippen LogP contribution >= 0.6 is 11.8 Å². The zero-order valence-electron chi connectivity index (χ0n) is 14.6. The molecule has 1 amide bonds. The van der Waals surface area contributed by atoms with E-state index in [4.69, 9.17) is 0 Å². The minimum Gasteiger partial charge on any atom is -0.352 e. The number of nitrogens with one attached hydrogen (secondary N) is 2. The van der Waals surface area contributed by atoms with Gasteiger partial charge in [0.05, 0.1) is 0 Å². The van der Waals surface area contributed by atoms with Crippen molar-refractivity contribution in [1.82, 2.24) is 20.5 Å². The van der Waals surface area contributed by atoms with E-state index in [0.717, 1.165) is 30.7 Å². The summed E-state index contributed by atoms with van der Waals surface area (Å²) in [5, 5.41) is 10.4. The van der Waals surface area contributed by atoms with Gasteiger partial charge < -0.3 is 5.32 Å². The number of nitrogens with zero attached hydrogens (tertiary/aromatic N) is 2. The Hall–Kier alpha value is -1.89. The van der Waals surface area contributed by atoms with Gasteiger partial charge in [-0.05, 0) is 36.5 Å². The average molecular weight is 374 g/mol. The standard InChI is InChI=1S/C19H23FN4OS/c20-14-7-5-13(6-8-14)17(18(25)21-15-9-10-15)26-19-22-16(23-24-19)11-12-3-1-2-4-12/h5-8,12,15,17H,1-4,9-11H2,(H,21,25)(H,22,23,24)/t17-/m0/s1. The summed E-state index contributed by atoms with van der Waals surface area (Å²) >= 11 is 1.32. The highest BCUT2D eigenvalue weighted by molar-refractivity contribution is 8.00. The molecular formula is C19H23FN4OS. The van der Waals surface area contributed by atoms with Crippen LogP contribution in [0, 0.1) is 11.7 Å². The predicted octanol–water partition coefficient (Wildman–Crippen LogP) is 3.79. The molecule has 0 unspecified atom stereocenters. The summed E-state index contributed by atoms with van der Waals surface area (Å²) in [6.45, 7) is 0. The Kier molecular flexibility index (Phi) is 5.24. The van der Waals surface area contributed by atoms with Gasteiger partial charge in [-0.1, -0.05) is 49.6 Å². The summed E-state index contributed by atoms with van der Waals surface area (Å²) in [5.74, 6) is 1.20. The van der Waals surface area contributed by atoms with Crippen molar-refractivity contribution in [3.8, 4) is 0 Å². The summed E-state index contributed by atoms with van der Waals surface area (Å²) in [7, 11) is 0. The zero-order chi connectivity index (χ0) is 17.9. The van der Waals surface area contributed by atoms with Crippen molar-refractivity contribution >= 4 is 17.7 Å². The third kappa shape index (κ3) is 4.44. The largest absolute Gasteiger partial charge is 0.352 e. The van der Waals surface area contributed by atoms with Gasteiger partial charge in [0, 0.05) is 12.5 Å². The van der Waals surface area contributed by atoms with Crippen molar-refractivity contribution in [2.45, 2.75) is 61.4 Å². The maximum atomic E-state index is 13.3. The lowest BCUT2D eigenvalue weighted by Crippen LogP contribution is -2.29. The predicted molar refractivity (Wildman–Crippen MR) is 98.2 cm³/mol. The molecule has 2 saturated carbocycles. The topological polar surface area (TPSA) is 70.7 Å². The first kappa shape index (κ1) is 17.5. The molecule has 2 aliphatic rings. The van der Waals surface area contributed by atoms with E-state index in [0.29, 0.717) is 11.1 Å². The van der Waals surface area contributed by atoms with Gasteiger partial charge in [0.1, 0.15) is 16.9 Å². The molecule has 0 aliphatic heterocycles. The SMILES string of the molecule is O=C(NC1CC1)[C@@H](Sc1n[nH]c(CC2CCCC2)n1)c1ccc(F)cc1. The van der Waals surface area contributed by atoms with Gasteiger partial charge in [-0.25, -0.2) is 9.37 Å². The number of hydrogen-bond acceptors (Lipinski definition) is 4. The van der Waals surface area contributed by atoms with Crippen LogP contribution in [0.4, 0.5) is 4.39 Å². The van der Waals surface area contributed by atoms with Gasteiger partial charge in [-0.2, -0.15) is 0 Å². The van der Waals surface area contributed by atoms with Crippen LogP contribution in [0.2, 0.25) is 0 Å². The van der Waals surface area contributed by atoms with E-state index in [-0.39, 0.29) is 17.8 Å². The van der Waals surface area contributed by atoms with Crippen molar-refractivity contribution in [2.75, 3.05) is 0 Å². The van der Waals surface area contributed by atoms with Crippen LogP contribution in [-0.4, -0.2) is 27.1 Å². The summed E-state index contributed by atoms with van der Waals surface area (Å²) < 4.78 is 13.3. The third-order valence-corrected chi connectivity index (χ3v) is 6.14. The molecule has 4 rings (SSSR count). The number of carbonyl (C=O) groups excluding carboxylic acids is 1. The third-order valence-electron chi connectivity index (χ3n) is 5.03. The number of aromatic nitrogens is 3. The Morgan fingerprint density at radius 2 is 1.96 bits per heavy atom. The van der Waals surface area contributed by atoms with Crippen LogP contribution in [0.25, 0.3) is 0 Å². The lowest BCUT2D eigenvalue weighted by atomic mass is 10.0. The molecule has 7 heteroatoms. The average Bonchev–Trinajstić information content (AvgIpc) is 3.11. The Morgan fingerprint density at radius 3 is 2.65 bits per heavy atom. The molecule has 2 N–H and O–H groups in total. The number of thioether (sulfide) groups is 1. The lowest BCUT2D eigenvalue weighted by molar-refractivity contribution is -0.120. The smallest absolute Gasteiger partial charge is 0.238 e. The van der Waals surface area contributed by atoms with Crippen molar-refractivity contribution in [2.24, 2.45) is 5.92 Å². The van der Waals surface area contributed by atoms with Crippen molar-refractivity contribution < 1.29 is 9.18 Å². The van der Waals surface area contributed by atoms with Crippen LogP contribution in [0.1, 0.15) is 55.2 Å². The Labute approximate surface area is 156 Å². The van der Waals surface area contributed by atoms with E-state index in [9.17, 15) is 9.18 Å². The summed E-state index contributed by atoms with van der Waals surface area (Å²) in [6.07, 6.45) is 8.08. The van der Waals surface area contributed by atoms with Gasteiger partial charge in [-0.3, -0.25) is 9.89 Å². The molecule has 1 aromatic heterocycles. The van der Waals surface area contributed by atoms with Crippen LogP contribution < -0.4 is 5.32 Å².